The molecule has 0 radical (unpaired) electrons. The van der Waals surface area contributed by atoms with Crippen LogP contribution in [0, 0.1) is 0 Å². The van der Waals surface area contributed by atoms with Crippen LogP contribution in [0.25, 0.3) is 0 Å². The number of nitrogens with zero attached hydrogens (tertiary/aromatic N) is 1. The van der Waals surface area contributed by atoms with Gasteiger partial charge in [-0.1, -0.05) is 32.4 Å². The number of piperidine rings is 1. The van der Waals surface area contributed by atoms with Gasteiger partial charge in [-0.25, -0.2) is 0 Å². The summed E-state index contributed by atoms with van der Waals surface area (Å²) in [4.78, 5) is 2.70. The van der Waals surface area contributed by atoms with Gasteiger partial charge in [-0.05, 0) is 46.2 Å². The van der Waals surface area contributed by atoms with Crippen molar-refractivity contribution in [3.8, 4) is 0 Å². The van der Waals surface area contributed by atoms with E-state index in [9.17, 15) is 0 Å². The van der Waals surface area contributed by atoms with Crippen LogP contribution in [0.2, 0.25) is 12.1 Å². The van der Waals surface area contributed by atoms with Crippen molar-refractivity contribution >= 4 is 7.28 Å². The zero-order chi connectivity index (χ0) is 11.5. The van der Waals surface area contributed by atoms with Crippen LogP contribution in [0.3, 0.4) is 0 Å². The second-order valence-corrected chi connectivity index (χ2v) is 6.55. The molecule has 1 aliphatic heterocycles. The molecule has 0 unspecified atom stereocenters. The van der Waals surface area contributed by atoms with E-state index in [4.69, 9.17) is 0 Å². The van der Waals surface area contributed by atoms with Crippen molar-refractivity contribution in [1.82, 2.24) is 4.90 Å². The van der Waals surface area contributed by atoms with E-state index in [0.717, 1.165) is 0 Å². The molecule has 1 saturated heterocycles. The van der Waals surface area contributed by atoms with Gasteiger partial charge in [-0.2, -0.15) is 0 Å². The molecule has 0 aromatic carbocycles. The Kier molecular flexibility index (Phi) is 4.28. The highest BCUT2D eigenvalue weighted by Crippen LogP contribution is 2.37. The third-order valence-corrected chi connectivity index (χ3v) is 4.08. The van der Waals surface area contributed by atoms with Gasteiger partial charge in [-0.3, -0.25) is 4.90 Å². The van der Waals surface area contributed by atoms with Gasteiger partial charge in [0, 0.05) is 5.54 Å². The monoisotopic (exact) mass is 209 g/mol. The first-order valence-electron chi connectivity index (χ1n) is 6.62. The predicted octanol–water partition coefficient (Wildman–Crippen LogP) is 3.32. The first kappa shape index (κ1) is 13.1. The van der Waals surface area contributed by atoms with E-state index >= 15 is 0 Å². The summed E-state index contributed by atoms with van der Waals surface area (Å²) in [6.07, 6.45) is 5.55. The van der Waals surface area contributed by atoms with E-state index in [1.807, 2.05) is 0 Å². The first-order valence-corrected chi connectivity index (χ1v) is 6.62. The Balaban J connectivity index is 2.56. The molecule has 0 saturated carbocycles. The van der Waals surface area contributed by atoms with Crippen molar-refractivity contribution in [1.29, 1.82) is 0 Å². The van der Waals surface area contributed by atoms with Crippen molar-refractivity contribution in [2.24, 2.45) is 0 Å². The normalized spacial score (nSPS) is 20.3. The summed E-state index contributed by atoms with van der Waals surface area (Å²) in [5.41, 5.74) is 0.389. The van der Waals surface area contributed by atoms with Gasteiger partial charge in [0.05, 0.1) is 0 Å². The minimum absolute atomic E-state index is 0.389. The maximum Gasteiger partial charge on any atom is 0.124 e. The van der Waals surface area contributed by atoms with Crippen molar-refractivity contribution < 1.29 is 0 Å². The van der Waals surface area contributed by atoms with Crippen LogP contribution in [0.15, 0.2) is 0 Å². The molecule has 0 spiro atoms. The van der Waals surface area contributed by atoms with Gasteiger partial charge >= 0.3 is 0 Å². The Labute approximate surface area is 96.9 Å². The number of likely N-dealkylation sites (tertiary alicyclic amines) is 1. The SMILES string of the molecule is CBC(C)(C)CC(C)(C)N1CCCCC1. The van der Waals surface area contributed by atoms with Gasteiger partial charge in [0.2, 0.25) is 0 Å². The van der Waals surface area contributed by atoms with Crippen molar-refractivity contribution in [3.63, 3.8) is 0 Å². The minimum Gasteiger partial charge on any atom is -0.298 e. The Morgan fingerprint density at radius 3 is 2.00 bits per heavy atom. The van der Waals surface area contributed by atoms with E-state index in [0.29, 0.717) is 10.9 Å². The molecule has 0 N–H and O–H groups in total. The lowest BCUT2D eigenvalue weighted by atomic mass is 9.52. The summed E-state index contributed by atoms with van der Waals surface area (Å²) in [5, 5.41) is 0.487. The van der Waals surface area contributed by atoms with E-state index < -0.39 is 0 Å². The minimum atomic E-state index is 0.389. The molecule has 0 atom stereocenters. The zero-order valence-electron chi connectivity index (χ0n) is 11.4. The van der Waals surface area contributed by atoms with Crippen molar-refractivity contribution in [3.05, 3.63) is 0 Å². The van der Waals surface area contributed by atoms with Crippen LogP contribution >= 0.6 is 0 Å². The molecule has 1 fully saturated rings. The summed E-state index contributed by atoms with van der Waals surface area (Å²) in [6.45, 7) is 14.6. The third kappa shape index (κ3) is 3.83. The first-order chi connectivity index (χ1) is 6.87. The molecule has 0 aliphatic carbocycles. The Bertz CT molecular complexity index is 193. The summed E-state index contributed by atoms with van der Waals surface area (Å²) >= 11 is 0. The topological polar surface area (TPSA) is 3.24 Å². The standard InChI is InChI=1S/C13H28BN/c1-12(2,14-5)11-13(3,4)15-9-7-6-8-10-15/h14H,6-11H2,1-5H3. The van der Waals surface area contributed by atoms with Crippen LogP contribution in [0.1, 0.15) is 53.4 Å². The average molecular weight is 209 g/mol. The molecule has 2 heteroatoms. The predicted molar refractivity (Wildman–Crippen MR) is 71.2 cm³/mol. The van der Waals surface area contributed by atoms with E-state index in [-0.39, 0.29) is 0 Å². The molecule has 0 amide bonds. The highest BCUT2D eigenvalue weighted by atomic mass is 15.2. The lowest BCUT2D eigenvalue weighted by Gasteiger charge is -2.45. The summed E-state index contributed by atoms with van der Waals surface area (Å²) < 4.78 is 0. The van der Waals surface area contributed by atoms with Crippen LogP contribution in [-0.4, -0.2) is 30.8 Å². The van der Waals surface area contributed by atoms with Crippen molar-refractivity contribution in [2.75, 3.05) is 13.1 Å². The average Bonchev–Trinajstić information content (AvgIpc) is 2.18. The molecule has 1 nitrogen and oxygen atoms in total. The quantitative estimate of drug-likeness (QED) is 0.642. The van der Waals surface area contributed by atoms with Gasteiger partial charge in [0.15, 0.2) is 0 Å². The molecule has 0 aromatic heterocycles. The van der Waals surface area contributed by atoms with E-state index in [1.54, 1.807) is 0 Å². The fourth-order valence-corrected chi connectivity index (χ4v) is 2.91. The third-order valence-electron chi connectivity index (χ3n) is 4.08. The molecule has 15 heavy (non-hydrogen) atoms. The fraction of sp³-hybridized carbons (Fsp3) is 1.00. The maximum absolute atomic E-state index is 2.70. The highest BCUT2D eigenvalue weighted by Gasteiger charge is 2.33. The molecule has 1 rings (SSSR count). The van der Waals surface area contributed by atoms with Crippen molar-refractivity contribution in [2.45, 2.75) is 71.1 Å². The zero-order valence-corrected chi connectivity index (χ0v) is 11.4. The maximum atomic E-state index is 2.70. The van der Waals surface area contributed by atoms with Crippen LogP contribution < -0.4 is 0 Å². The molecular formula is C13H28BN. The van der Waals surface area contributed by atoms with Gasteiger partial charge in [0.1, 0.15) is 7.28 Å². The molecule has 1 heterocycles. The molecular weight excluding hydrogens is 181 g/mol. The van der Waals surface area contributed by atoms with Gasteiger partial charge in [0.25, 0.3) is 0 Å². The molecule has 1 aliphatic rings. The lowest BCUT2D eigenvalue weighted by Crippen LogP contribution is -2.48. The van der Waals surface area contributed by atoms with E-state index in [2.05, 4.69) is 39.4 Å². The van der Waals surface area contributed by atoms with Crippen LogP contribution in [-0.2, 0) is 0 Å². The van der Waals surface area contributed by atoms with Crippen LogP contribution in [0.5, 0.6) is 0 Å². The molecule has 88 valence electrons. The molecule has 0 bridgehead atoms. The van der Waals surface area contributed by atoms with Crippen LogP contribution in [0.4, 0.5) is 0 Å². The Morgan fingerprint density at radius 2 is 1.53 bits per heavy atom. The smallest absolute Gasteiger partial charge is 0.124 e. The number of hydrogen-bond acceptors (Lipinski definition) is 1. The second-order valence-electron chi connectivity index (χ2n) is 6.55. The summed E-state index contributed by atoms with van der Waals surface area (Å²) in [7, 11) is 1.28. The highest BCUT2D eigenvalue weighted by molar-refractivity contribution is 6.37. The number of rotatable bonds is 4. The Hall–Kier alpha value is 0.0249. The van der Waals surface area contributed by atoms with E-state index in [1.165, 1.54) is 46.1 Å². The number of hydrogen-bond donors (Lipinski definition) is 0. The molecule has 0 aromatic rings. The lowest BCUT2D eigenvalue weighted by molar-refractivity contribution is 0.0794. The summed E-state index contributed by atoms with van der Waals surface area (Å²) in [5.74, 6) is 0. The second kappa shape index (κ2) is 4.90. The van der Waals surface area contributed by atoms with Gasteiger partial charge < -0.3 is 0 Å². The summed E-state index contributed by atoms with van der Waals surface area (Å²) in [6, 6.07) is 0. The van der Waals surface area contributed by atoms with Gasteiger partial charge in [-0.15, -0.1) is 0 Å². The fourth-order valence-electron chi connectivity index (χ4n) is 2.91. The Morgan fingerprint density at radius 1 is 1.00 bits per heavy atom. The largest absolute Gasteiger partial charge is 0.298 e.